The fraction of sp³-hybridized carbons (Fsp3) is 0.353. The number of nitrogens with two attached hydrogens (primary N) is 1. The van der Waals surface area contributed by atoms with Crippen molar-refractivity contribution >= 4 is 5.91 Å². The summed E-state index contributed by atoms with van der Waals surface area (Å²) in [5.41, 5.74) is 8.45. The molecule has 1 aliphatic heterocycles. The first-order valence-electron chi connectivity index (χ1n) is 7.39. The van der Waals surface area contributed by atoms with Gasteiger partial charge in [0, 0.05) is 31.0 Å². The summed E-state index contributed by atoms with van der Waals surface area (Å²) in [4.78, 5) is 13.6. The van der Waals surface area contributed by atoms with Gasteiger partial charge in [-0.05, 0) is 49.2 Å². The van der Waals surface area contributed by atoms with E-state index in [9.17, 15) is 4.79 Å². The molecule has 1 fully saturated rings. The molecule has 2 heterocycles. The first-order valence-corrected chi connectivity index (χ1v) is 7.39. The molecule has 0 unspecified atom stereocenters. The molecule has 3 rings (SSSR count). The number of amides is 1. The zero-order valence-corrected chi connectivity index (χ0v) is 12.3. The third-order valence-electron chi connectivity index (χ3n) is 4.31. The minimum atomic E-state index is -0.371. The molecule has 21 heavy (non-hydrogen) atoms. The summed E-state index contributed by atoms with van der Waals surface area (Å²) in [6.45, 7) is 2.03. The van der Waals surface area contributed by atoms with Gasteiger partial charge >= 0.3 is 0 Å². The van der Waals surface area contributed by atoms with Crippen LogP contribution in [0, 0.1) is 0 Å². The van der Waals surface area contributed by atoms with Gasteiger partial charge in [-0.15, -0.1) is 0 Å². The minimum absolute atomic E-state index is 0.371. The molecule has 0 spiro atoms. The van der Waals surface area contributed by atoms with Crippen LogP contribution in [0.2, 0.25) is 0 Å². The van der Waals surface area contributed by atoms with Crippen LogP contribution < -0.4 is 5.73 Å². The zero-order valence-electron chi connectivity index (χ0n) is 12.3. The second-order valence-electron chi connectivity index (χ2n) is 5.73. The van der Waals surface area contributed by atoms with Crippen LogP contribution in [0.15, 0.2) is 42.6 Å². The first kappa shape index (κ1) is 13.9. The summed E-state index contributed by atoms with van der Waals surface area (Å²) in [6, 6.07) is 12.4. The van der Waals surface area contributed by atoms with Crippen molar-refractivity contribution in [2.75, 3.05) is 6.54 Å². The van der Waals surface area contributed by atoms with Crippen molar-refractivity contribution in [3.63, 3.8) is 0 Å². The Balaban J connectivity index is 1.74. The molecule has 0 saturated carbocycles. The molecule has 1 aromatic heterocycles. The molecule has 0 bridgehead atoms. The van der Waals surface area contributed by atoms with Crippen molar-refractivity contribution in [2.45, 2.75) is 25.4 Å². The van der Waals surface area contributed by atoms with E-state index in [2.05, 4.69) is 34.8 Å². The second kappa shape index (κ2) is 5.74. The molecule has 110 valence electrons. The highest BCUT2D eigenvalue weighted by Gasteiger charge is 2.27. The molecule has 1 atom stereocenters. The quantitative estimate of drug-likeness (QED) is 0.937. The molecule has 1 aromatic carbocycles. The Morgan fingerprint density at radius 2 is 2.05 bits per heavy atom. The summed E-state index contributed by atoms with van der Waals surface area (Å²) in [5, 5.41) is 0. The largest absolute Gasteiger partial charge is 0.366 e. The van der Waals surface area contributed by atoms with Crippen molar-refractivity contribution < 1.29 is 4.79 Å². The zero-order chi connectivity index (χ0) is 14.8. The van der Waals surface area contributed by atoms with Gasteiger partial charge in [-0.1, -0.05) is 12.1 Å². The molecule has 0 aliphatic carbocycles. The lowest BCUT2D eigenvalue weighted by molar-refractivity contribution is 0.100. The van der Waals surface area contributed by atoms with Crippen LogP contribution in [0.4, 0.5) is 0 Å². The van der Waals surface area contributed by atoms with E-state index in [0.29, 0.717) is 11.6 Å². The van der Waals surface area contributed by atoms with Gasteiger partial charge in [-0.3, -0.25) is 9.69 Å². The molecule has 0 radical (unpaired) electrons. The molecular formula is C17H21N3O. The lowest BCUT2D eigenvalue weighted by Gasteiger charge is -2.25. The highest BCUT2D eigenvalue weighted by Crippen LogP contribution is 2.33. The lowest BCUT2D eigenvalue weighted by atomic mass is 10.1. The second-order valence-corrected chi connectivity index (χ2v) is 5.73. The molecule has 4 nitrogen and oxygen atoms in total. The number of hydrogen-bond acceptors (Lipinski definition) is 2. The highest BCUT2D eigenvalue weighted by atomic mass is 16.1. The number of hydrogen-bond donors (Lipinski definition) is 1. The average Bonchev–Trinajstić information content (AvgIpc) is 3.08. The Hall–Kier alpha value is -2.07. The fourth-order valence-corrected chi connectivity index (χ4v) is 3.18. The summed E-state index contributed by atoms with van der Waals surface area (Å²) in [7, 11) is 2.10. The molecule has 1 saturated heterocycles. The van der Waals surface area contributed by atoms with Gasteiger partial charge in [0.05, 0.1) is 6.04 Å². The molecule has 1 amide bonds. The van der Waals surface area contributed by atoms with E-state index in [1.807, 2.05) is 24.3 Å². The molecule has 2 N–H and O–H groups in total. The van der Waals surface area contributed by atoms with Crippen LogP contribution in [0.3, 0.4) is 0 Å². The average molecular weight is 283 g/mol. The Labute approximate surface area is 125 Å². The predicted molar refractivity (Wildman–Crippen MR) is 82.8 cm³/mol. The SMILES string of the molecule is Cn1cccc1[C@H]1CCCN1Cc1ccc(C(N)=O)cc1. The number of benzene rings is 1. The predicted octanol–water partition coefficient (Wildman–Crippen LogP) is 2.46. The summed E-state index contributed by atoms with van der Waals surface area (Å²) >= 11 is 0. The normalized spacial score (nSPS) is 19.0. The summed E-state index contributed by atoms with van der Waals surface area (Å²) in [6.07, 6.45) is 4.54. The number of carbonyl (C=O) groups is 1. The Bertz CT molecular complexity index is 630. The summed E-state index contributed by atoms with van der Waals surface area (Å²) in [5.74, 6) is -0.371. The van der Waals surface area contributed by atoms with E-state index >= 15 is 0 Å². The van der Waals surface area contributed by atoms with E-state index < -0.39 is 0 Å². The van der Waals surface area contributed by atoms with Crippen LogP contribution in [-0.2, 0) is 13.6 Å². The fourth-order valence-electron chi connectivity index (χ4n) is 3.18. The maximum absolute atomic E-state index is 11.1. The lowest BCUT2D eigenvalue weighted by Crippen LogP contribution is -2.24. The van der Waals surface area contributed by atoms with E-state index in [4.69, 9.17) is 5.73 Å². The topological polar surface area (TPSA) is 51.3 Å². The number of primary amides is 1. The number of nitrogens with zero attached hydrogens (tertiary/aromatic N) is 2. The molecule has 1 aliphatic rings. The first-order chi connectivity index (χ1) is 10.1. The summed E-state index contributed by atoms with van der Waals surface area (Å²) < 4.78 is 2.21. The Morgan fingerprint density at radius 3 is 2.67 bits per heavy atom. The number of carbonyl (C=O) groups excluding carboxylic acids is 1. The Morgan fingerprint density at radius 1 is 1.29 bits per heavy atom. The van der Waals surface area contributed by atoms with Crippen molar-refractivity contribution in [2.24, 2.45) is 12.8 Å². The van der Waals surface area contributed by atoms with Gasteiger partial charge in [0.25, 0.3) is 0 Å². The smallest absolute Gasteiger partial charge is 0.248 e. The molecule has 2 aromatic rings. The van der Waals surface area contributed by atoms with Crippen LogP contribution in [0.25, 0.3) is 0 Å². The van der Waals surface area contributed by atoms with Gasteiger partial charge in [0.2, 0.25) is 5.91 Å². The van der Waals surface area contributed by atoms with E-state index in [1.165, 1.54) is 24.1 Å². The maximum atomic E-state index is 11.1. The van der Waals surface area contributed by atoms with E-state index in [-0.39, 0.29) is 5.91 Å². The molecule has 4 heteroatoms. The minimum Gasteiger partial charge on any atom is -0.366 e. The number of likely N-dealkylation sites (tertiary alicyclic amines) is 1. The highest BCUT2D eigenvalue weighted by molar-refractivity contribution is 5.92. The van der Waals surface area contributed by atoms with Crippen LogP contribution in [-0.4, -0.2) is 21.9 Å². The van der Waals surface area contributed by atoms with Crippen molar-refractivity contribution in [3.8, 4) is 0 Å². The van der Waals surface area contributed by atoms with Crippen molar-refractivity contribution in [3.05, 3.63) is 59.4 Å². The standard InChI is InChI=1S/C17H21N3O/c1-19-10-2-4-15(19)16-5-3-11-20(16)12-13-6-8-14(9-7-13)17(18)21/h2,4,6-10,16H,3,5,11-12H2,1H3,(H2,18,21)/t16-/m1/s1. The van der Waals surface area contributed by atoms with E-state index in [1.54, 1.807) is 0 Å². The monoisotopic (exact) mass is 283 g/mol. The van der Waals surface area contributed by atoms with Gasteiger partial charge in [-0.25, -0.2) is 0 Å². The van der Waals surface area contributed by atoms with E-state index in [0.717, 1.165) is 13.1 Å². The number of aromatic nitrogens is 1. The number of aryl methyl sites for hydroxylation is 1. The van der Waals surface area contributed by atoms with Crippen LogP contribution in [0.1, 0.15) is 40.5 Å². The van der Waals surface area contributed by atoms with Gasteiger partial charge in [0.15, 0.2) is 0 Å². The van der Waals surface area contributed by atoms with Gasteiger partial charge < -0.3 is 10.3 Å². The molecular weight excluding hydrogens is 262 g/mol. The third kappa shape index (κ3) is 2.85. The van der Waals surface area contributed by atoms with Crippen LogP contribution in [0.5, 0.6) is 0 Å². The Kier molecular flexibility index (Phi) is 3.80. The number of rotatable bonds is 4. The van der Waals surface area contributed by atoms with Crippen molar-refractivity contribution in [1.82, 2.24) is 9.47 Å². The third-order valence-corrected chi connectivity index (χ3v) is 4.31. The van der Waals surface area contributed by atoms with Gasteiger partial charge in [0.1, 0.15) is 0 Å². The maximum Gasteiger partial charge on any atom is 0.248 e. The van der Waals surface area contributed by atoms with Crippen molar-refractivity contribution in [1.29, 1.82) is 0 Å². The van der Waals surface area contributed by atoms with Gasteiger partial charge in [-0.2, -0.15) is 0 Å². The van der Waals surface area contributed by atoms with Crippen LogP contribution >= 0.6 is 0 Å².